The number of benzene rings is 2. The van der Waals surface area contributed by atoms with Crippen LogP contribution in [0, 0.1) is 0 Å². The number of amides is 1. The predicted octanol–water partition coefficient (Wildman–Crippen LogP) is 4.61. The molecular weight excluding hydrogens is 364 g/mol. The zero-order valence-corrected chi connectivity index (χ0v) is 16.0. The van der Waals surface area contributed by atoms with Crippen molar-refractivity contribution in [1.29, 1.82) is 0 Å². The van der Waals surface area contributed by atoms with Crippen LogP contribution in [0.2, 0.25) is 5.02 Å². The molecule has 6 heteroatoms. The number of aromatic hydroxyl groups is 1. The van der Waals surface area contributed by atoms with E-state index in [2.05, 4.69) is 10.3 Å². The van der Waals surface area contributed by atoms with E-state index in [1.54, 1.807) is 31.5 Å². The van der Waals surface area contributed by atoms with Gasteiger partial charge in [0.25, 0.3) is 0 Å². The average Bonchev–Trinajstić information content (AvgIpc) is 2.69. The molecule has 1 amide bonds. The highest BCUT2D eigenvalue weighted by Gasteiger charge is 2.25. The maximum absolute atomic E-state index is 12.4. The molecule has 0 aliphatic carbocycles. The largest absolute Gasteiger partial charge is 0.505 e. The summed E-state index contributed by atoms with van der Waals surface area (Å²) in [4.78, 5) is 16.6. The highest BCUT2D eigenvalue weighted by molar-refractivity contribution is 6.35. The number of nitrogens with zero attached hydrogens (tertiary/aromatic N) is 1. The molecular formula is C21H21ClN2O3. The Morgan fingerprint density at radius 3 is 2.78 bits per heavy atom. The summed E-state index contributed by atoms with van der Waals surface area (Å²) in [5, 5.41) is 15.0. The van der Waals surface area contributed by atoms with E-state index in [4.69, 9.17) is 16.3 Å². The second-order valence-corrected chi connectivity index (χ2v) is 6.60. The van der Waals surface area contributed by atoms with Crippen LogP contribution in [0.5, 0.6) is 11.5 Å². The summed E-state index contributed by atoms with van der Waals surface area (Å²) in [7, 11) is 1.57. The van der Waals surface area contributed by atoms with E-state index in [1.807, 2.05) is 31.2 Å². The Morgan fingerprint density at radius 2 is 2.04 bits per heavy atom. The molecule has 0 saturated carbocycles. The van der Waals surface area contributed by atoms with Gasteiger partial charge in [0.1, 0.15) is 17.0 Å². The van der Waals surface area contributed by atoms with Crippen molar-refractivity contribution in [3.63, 3.8) is 0 Å². The molecule has 3 rings (SSSR count). The number of nitrogens with one attached hydrogen (secondary N) is 1. The predicted molar refractivity (Wildman–Crippen MR) is 106 cm³/mol. The summed E-state index contributed by atoms with van der Waals surface area (Å²) in [6.07, 6.45) is 2.69. The van der Waals surface area contributed by atoms with E-state index in [9.17, 15) is 9.90 Å². The van der Waals surface area contributed by atoms with Gasteiger partial charge in [-0.1, -0.05) is 36.7 Å². The summed E-state index contributed by atoms with van der Waals surface area (Å²) in [5.41, 5.74) is 1.59. The van der Waals surface area contributed by atoms with Crippen molar-refractivity contribution in [3.05, 3.63) is 64.8 Å². The number of hydrogen-bond donors (Lipinski definition) is 2. The van der Waals surface area contributed by atoms with Gasteiger partial charge in [-0.15, -0.1) is 0 Å². The van der Waals surface area contributed by atoms with Crippen molar-refractivity contribution in [1.82, 2.24) is 10.3 Å². The third-order valence-electron chi connectivity index (χ3n) is 4.39. The SMILES string of the molecule is CCCC(=O)NC(c1ccccc1OC)c1cc(Cl)c2cccnc2c1O. The van der Waals surface area contributed by atoms with Crippen molar-refractivity contribution < 1.29 is 14.6 Å². The van der Waals surface area contributed by atoms with E-state index in [0.717, 1.165) is 12.0 Å². The van der Waals surface area contributed by atoms with Gasteiger partial charge in [-0.3, -0.25) is 9.78 Å². The van der Waals surface area contributed by atoms with Crippen LogP contribution >= 0.6 is 11.6 Å². The lowest BCUT2D eigenvalue weighted by Crippen LogP contribution is -2.29. The topological polar surface area (TPSA) is 71.5 Å². The fourth-order valence-electron chi connectivity index (χ4n) is 3.11. The van der Waals surface area contributed by atoms with Crippen LogP contribution in [0.15, 0.2) is 48.7 Å². The summed E-state index contributed by atoms with van der Waals surface area (Å²) in [5.74, 6) is 0.476. The van der Waals surface area contributed by atoms with Gasteiger partial charge in [-0.2, -0.15) is 0 Å². The minimum Gasteiger partial charge on any atom is -0.505 e. The molecule has 27 heavy (non-hydrogen) atoms. The first-order chi connectivity index (χ1) is 13.1. The molecule has 1 aromatic heterocycles. The highest BCUT2D eigenvalue weighted by atomic mass is 35.5. The van der Waals surface area contributed by atoms with Gasteiger partial charge >= 0.3 is 0 Å². The van der Waals surface area contributed by atoms with E-state index in [0.29, 0.717) is 33.7 Å². The molecule has 1 heterocycles. The Morgan fingerprint density at radius 1 is 1.26 bits per heavy atom. The molecule has 0 radical (unpaired) electrons. The first-order valence-corrected chi connectivity index (χ1v) is 9.13. The zero-order valence-electron chi connectivity index (χ0n) is 15.2. The Labute approximate surface area is 163 Å². The van der Waals surface area contributed by atoms with Crippen LogP contribution in [-0.4, -0.2) is 23.1 Å². The highest BCUT2D eigenvalue weighted by Crippen LogP contribution is 2.40. The maximum Gasteiger partial charge on any atom is 0.220 e. The van der Waals surface area contributed by atoms with Crippen molar-refractivity contribution in [2.75, 3.05) is 7.11 Å². The first-order valence-electron chi connectivity index (χ1n) is 8.75. The molecule has 0 bridgehead atoms. The number of phenolic OH excluding ortho intramolecular Hbond substituents is 1. The molecule has 0 aliphatic rings. The average molecular weight is 385 g/mol. The van der Waals surface area contributed by atoms with Gasteiger partial charge in [-0.25, -0.2) is 0 Å². The van der Waals surface area contributed by atoms with Crippen molar-refractivity contribution in [2.45, 2.75) is 25.8 Å². The van der Waals surface area contributed by atoms with Crippen LogP contribution < -0.4 is 10.1 Å². The van der Waals surface area contributed by atoms with Crippen LogP contribution in [-0.2, 0) is 4.79 Å². The van der Waals surface area contributed by atoms with Crippen LogP contribution in [0.25, 0.3) is 10.9 Å². The number of rotatable bonds is 6. The quantitative estimate of drug-likeness (QED) is 0.651. The standard InChI is InChI=1S/C21H21ClN2O3/c1-3-7-18(25)24-19(14-8-4-5-10-17(14)27-2)15-12-16(22)13-9-6-11-23-20(13)21(15)26/h4-6,8-12,19,26H,3,7H2,1-2H3,(H,24,25). The first kappa shape index (κ1) is 19.0. The van der Waals surface area contributed by atoms with E-state index in [1.165, 1.54) is 0 Å². The Hall–Kier alpha value is -2.79. The van der Waals surface area contributed by atoms with Crippen LogP contribution in [0.4, 0.5) is 0 Å². The fourth-order valence-corrected chi connectivity index (χ4v) is 3.38. The number of para-hydroxylation sites is 1. The zero-order chi connectivity index (χ0) is 19.4. The number of carbonyl (C=O) groups excluding carboxylic acids is 1. The second kappa shape index (κ2) is 8.27. The number of phenols is 1. The number of aromatic nitrogens is 1. The van der Waals surface area contributed by atoms with Crippen LogP contribution in [0.1, 0.15) is 36.9 Å². The van der Waals surface area contributed by atoms with Gasteiger partial charge in [0.15, 0.2) is 0 Å². The Balaban J connectivity index is 2.20. The molecule has 0 fully saturated rings. The number of ether oxygens (including phenoxy) is 1. The lowest BCUT2D eigenvalue weighted by Gasteiger charge is -2.23. The molecule has 140 valence electrons. The summed E-state index contributed by atoms with van der Waals surface area (Å²) < 4.78 is 5.47. The van der Waals surface area contributed by atoms with Crippen molar-refractivity contribution in [2.24, 2.45) is 0 Å². The third-order valence-corrected chi connectivity index (χ3v) is 4.70. The number of hydrogen-bond acceptors (Lipinski definition) is 4. The number of halogens is 1. The molecule has 1 unspecified atom stereocenters. The van der Waals surface area contributed by atoms with Crippen molar-refractivity contribution in [3.8, 4) is 11.5 Å². The monoisotopic (exact) mass is 384 g/mol. The smallest absolute Gasteiger partial charge is 0.220 e. The van der Waals surface area contributed by atoms with E-state index < -0.39 is 6.04 Å². The Bertz CT molecular complexity index is 975. The molecule has 5 nitrogen and oxygen atoms in total. The lowest BCUT2D eigenvalue weighted by atomic mass is 9.95. The van der Waals surface area contributed by atoms with Crippen LogP contribution in [0.3, 0.4) is 0 Å². The van der Waals surface area contributed by atoms with Gasteiger partial charge in [0.2, 0.25) is 5.91 Å². The molecule has 2 N–H and O–H groups in total. The molecule has 0 saturated heterocycles. The second-order valence-electron chi connectivity index (χ2n) is 6.19. The summed E-state index contributed by atoms with van der Waals surface area (Å²) in [6, 6.07) is 12.0. The van der Waals surface area contributed by atoms with Gasteiger partial charge in [0.05, 0.1) is 18.2 Å². The molecule has 1 atom stereocenters. The fraction of sp³-hybridized carbons (Fsp3) is 0.238. The molecule has 3 aromatic rings. The Kier molecular flexibility index (Phi) is 5.81. The lowest BCUT2D eigenvalue weighted by molar-refractivity contribution is -0.121. The van der Waals surface area contributed by atoms with Gasteiger partial charge < -0.3 is 15.2 Å². The number of methoxy groups -OCH3 is 1. The molecule has 0 aliphatic heterocycles. The van der Waals surface area contributed by atoms with Gasteiger partial charge in [0, 0.05) is 29.1 Å². The number of pyridine rings is 1. The molecule has 0 spiro atoms. The number of fused-ring (bicyclic) bond motifs is 1. The summed E-state index contributed by atoms with van der Waals surface area (Å²) in [6.45, 7) is 1.94. The minimum absolute atomic E-state index is 0.0114. The minimum atomic E-state index is -0.621. The van der Waals surface area contributed by atoms with Gasteiger partial charge in [-0.05, 0) is 30.7 Å². The summed E-state index contributed by atoms with van der Waals surface area (Å²) >= 11 is 6.44. The van der Waals surface area contributed by atoms with E-state index >= 15 is 0 Å². The number of carbonyl (C=O) groups is 1. The normalized spacial score (nSPS) is 12.0. The van der Waals surface area contributed by atoms with Crippen molar-refractivity contribution >= 4 is 28.4 Å². The third kappa shape index (κ3) is 3.83. The molecule has 2 aromatic carbocycles. The van der Waals surface area contributed by atoms with E-state index in [-0.39, 0.29) is 11.7 Å². The maximum atomic E-state index is 12.4.